The zero-order valence-corrected chi connectivity index (χ0v) is 10.8. The fourth-order valence-electron chi connectivity index (χ4n) is 1.68. The van der Waals surface area contributed by atoms with Gasteiger partial charge in [0.05, 0.1) is 12.7 Å². The van der Waals surface area contributed by atoms with E-state index in [-0.39, 0.29) is 6.61 Å². The first-order valence-electron chi connectivity index (χ1n) is 6.11. The van der Waals surface area contributed by atoms with Crippen molar-refractivity contribution < 1.29 is 14.6 Å². The Balaban J connectivity index is 2.59. The van der Waals surface area contributed by atoms with Crippen LogP contribution in [0.5, 0.6) is 0 Å². The molecule has 6 nitrogen and oxygen atoms in total. The van der Waals surface area contributed by atoms with Crippen molar-refractivity contribution in [2.45, 2.75) is 31.9 Å². The number of hydrogen-bond acceptors (Lipinski definition) is 4. The first-order chi connectivity index (χ1) is 9.19. The quantitative estimate of drug-likeness (QED) is 0.353. The van der Waals surface area contributed by atoms with Crippen LogP contribution in [0.25, 0.3) is 10.4 Å². The van der Waals surface area contributed by atoms with Crippen molar-refractivity contribution in [3.05, 3.63) is 46.3 Å². The number of benzene rings is 1. The van der Waals surface area contributed by atoms with Gasteiger partial charge in [0, 0.05) is 4.91 Å². The molecule has 0 heterocycles. The maximum absolute atomic E-state index is 11.5. The minimum Gasteiger partial charge on any atom is -0.466 e. The Bertz CT molecular complexity index is 444. The molecular weight excluding hydrogens is 246 g/mol. The molecule has 0 aliphatic carbocycles. The number of aryl methyl sites for hydroxylation is 1. The molecule has 2 atom stereocenters. The second-order valence-electron chi connectivity index (χ2n) is 3.99. The number of ether oxygens (including phenoxy) is 1. The summed E-state index contributed by atoms with van der Waals surface area (Å²) in [6.45, 7) is 1.84. The molecule has 0 aliphatic rings. The van der Waals surface area contributed by atoms with Crippen molar-refractivity contribution in [2.24, 2.45) is 5.11 Å². The molecule has 0 saturated heterocycles. The van der Waals surface area contributed by atoms with E-state index in [2.05, 4.69) is 10.0 Å². The molecule has 0 saturated carbocycles. The summed E-state index contributed by atoms with van der Waals surface area (Å²) in [6.07, 6.45) is -0.124. The number of rotatable bonds is 7. The third kappa shape index (κ3) is 4.99. The second-order valence-corrected chi connectivity index (χ2v) is 3.99. The van der Waals surface area contributed by atoms with Gasteiger partial charge in [-0.1, -0.05) is 35.4 Å². The molecule has 0 amide bonds. The van der Waals surface area contributed by atoms with Crippen LogP contribution in [0.2, 0.25) is 0 Å². The molecule has 1 rings (SSSR count). The highest BCUT2D eigenvalue weighted by molar-refractivity contribution is 5.76. The molecule has 0 fully saturated rings. The van der Waals surface area contributed by atoms with Gasteiger partial charge in [0.2, 0.25) is 0 Å². The van der Waals surface area contributed by atoms with Crippen molar-refractivity contribution in [3.8, 4) is 0 Å². The van der Waals surface area contributed by atoms with Gasteiger partial charge in [-0.2, -0.15) is 0 Å². The van der Waals surface area contributed by atoms with E-state index in [4.69, 9.17) is 10.3 Å². The standard InChI is InChI=1S/C13H17N3O3/c1-2-19-13(18)12(15-16-14)11(17)9-8-10-6-4-3-5-7-10/h3-7,11-12,17H,2,8-9H2,1H3/t11-,12+/m1/s1. The first kappa shape index (κ1) is 15.0. The van der Waals surface area contributed by atoms with E-state index >= 15 is 0 Å². The Labute approximate surface area is 111 Å². The summed E-state index contributed by atoms with van der Waals surface area (Å²) < 4.78 is 4.77. The lowest BCUT2D eigenvalue weighted by Gasteiger charge is -2.16. The van der Waals surface area contributed by atoms with Gasteiger partial charge in [0.15, 0.2) is 6.04 Å². The Hall–Kier alpha value is -2.04. The van der Waals surface area contributed by atoms with Crippen molar-refractivity contribution in [1.29, 1.82) is 0 Å². The van der Waals surface area contributed by atoms with E-state index in [1.807, 2.05) is 30.3 Å². The zero-order chi connectivity index (χ0) is 14.1. The predicted octanol–water partition coefficient (Wildman–Crippen LogP) is 2.22. The van der Waals surface area contributed by atoms with E-state index in [1.54, 1.807) is 6.92 Å². The summed E-state index contributed by atoms with van der Waals surface area (Å²) in [5.41, 5.74) is 9.47. The molecule has 1 aromatic carbocycles. The van der Waals surface area contributed by atoms with Gasteiger partial charge in [-0.3, -0.25) is 4.79 Å². The van der Waals surface area contributed by atoms with E-state index in [1.165, 1.54) is 0 Å². The average molecular weight is 263 g/mol. The van der Waals surface area contributed by atoms with Gasteiger partial charge in [-0.15, -0.1) is 0 Å². The number of aliphatic hydroxyl groups is 1. The summed E-state index contributed by atoms with van der Waals surface area (Å²) in [5.74, 6) is -0.694. The SMILES string of the molecule is CCOC(=O)[C@@H](N=[N+]=[N-])[C@H](O)CCc1ccccc1. The molecule has 1 N–H and O–H groups in total. The number of hydrogen-bond donors (Lipinski definition) is 1. The normalized spacial score (nSPS) is 13.2. The van der Waals surface area contributed by atoms with Crippen LogP contribution in [-0.4, -0.2) is 29.8 Å². The van der Waals surface area contributed by atoms with Gasteiger partial charge >= 0.3 is 5.97 Å². The van der Waals surface area contributed by atoms with E-state index in [0.29, 0.717) is 12.8 Å². The number of esters is 1. The largest absolute Gasteiger partial charge is 0.466 e. The van der Waals surface area contributed by atoms with E-state index < -0.39 is 18.1 Å². The van der Waals surface area contributed by atoms with Crippen molar-refractivity contribution in [1.82, 2.24) is 0 Å². The molecule has 0 radical (unpaired) electrons. The minimum absolute atomic E-state index is 0.182. The predicted molar refractivity (Wildman–Crippen MR) is 70.3 cm³/mol. The van der Waals surface area contributed by atoms with Crippen LogP contribution >= 0.6 is 0 Å². The van der Waals surface area contributed by atoms with Crippen LogP contribution in [0.15, 0.2) is 35.4 Å². The van der Waals surface area contributed by atoms with Crippen molar-refractivity contribution in [3.63, 3.8) is 0 Å². The smallest absolute Gasteiger partial charge is 0.317 e. The van der Waals surface area contributed by atoms with E-state index in [9.17, 15) is 9.90 Å². The molecule has 6 heteroatoms. The monoisotopic (exact) mass is 263 g/mol. The van der Waals surface area contributed by atoms with Crippen LogP contribution in [0.4, 0.5) is 0 Å². The highest BCUT2D eigenvalue weighted by Gasteiger charge is 2.26. The number of carbonyl (C=O) groups is 1. The number of carbonyl (C=O) groups excluding carboxylic acids is 1. The fraction of sp³-hybridized carbons (Fsp3) is 0.462. The number of azide groups is 1. The molecule has 1 aromatic rings. The lowest BCUT2D eigenvalue weighted by Crippen LogP contribution is -2.34. The number of aliphatic hydroxyl groups excluding tert-OH is 1. The Morgan fingerprint density at radius 1 is 1.47 bits per heavy atom. The highest BCUT2D eigenvalue weighted by atomic mass is 16.5. The third-order valence-electron chi connectivity index (χ3n) is 2.64. The maximum Gasteiger partial charge on any atom is 0.317 e. The third-order valence-corrected chi connectivity index (χ3v) is 2.64. The fourth-order valence-corrected chi connectivity index (χ4v) is 1.68. The minimum atomic E-state index is -1.19. The highest BCUT2D eigenvalue weighted by Crippen LogP contribution is 2.11. The molecule has 0 unspecified atom stereocenters. The van der Waals surface area contributed by atoms with Crippen LogP contribution in [0, 0.1) is 0 Å². The Kier molecular flexibility index (Phi) is 6.43. The second kappa shape index (κ2) is 8.13. The van der Waals surface area contributed by atoms with Gasteiger partial charge < -0.3 is 9.84 Å². The Morgan fingerprint density at radius 2 is 2.16 bits per heavy atom. The lowest BCUT2D eigenvalue weighted by atomic mass is 10.0. The summed E-state index contributed by atoms with van der Waals surface area (Å²) >= 11 is 0. The summed E-state index contributed by atoms with van der Waals surface area (Å²) in [4.78, 5) is 14.1. The van der Waals surface area contributed by atoms with Gasteiger partial charge in [-0.25, -0.2) is 0 Å². The average Bonchev–Trinajstić information content (AvgIpc) is 2.43. The lowest BCUT2D eigenvalue weighted by molar-refractivity contribution is -0.147. The molecular formula is C13H17N3O3. The summed E-state index contributed by atoms with van der Waals surface area (Å²) in [7, 11) is 0. The molecule has 0 spiro atoms. The molecule has 19 heavy (non-hydrogen) atoms. The maximum atomic E-state index is 11.5. The van der Waals surface area contributed by atoms with Crippen molar-refractivity contribution in [2.75, 3.05) is 6.61 Å². The molecule has 102 valence electrons. The first-order valence-corrected chi connectivity index (χ1v) is 6.11. The zero-order valence-electron chi connectivity index (χ0n) is 10.8. The summed E-state index contributed by atoms with van der Waals surface area (Å²) in [5, 5.41) is 13.2. The van der Waals surface area contributed by atoms with Crippen LogP contribution in [-0.2, 0) is 16.0 Å². The van der Waals surface area contributed by atoms with Gasteiger partial charge in [0.25, 0.3) is 0 Å². The van der Waals surface area contributed by atoms with Crippen molar-refractivity contribution >= 4 is 5.97 Å². The topological polar surface area (TPSA) is 95.3 Å². The van der Waals surface area contributed by atoms with Crippen LogP contribution < -0.4 is 0 Å². The van der Waals surface area contributed by atoms with Crippen LogP contribution in [0.3, 0.4) is 0 Å². The molecule has 0 bridgehead atoms. The van der Waals surface area contributed by atoms with Gasteiger partial charge in [-0.05, 0) is 30.9 Å². The number of nitrogens with zero attached hydrogens (tertiary/aromatic N) is 3. The Morgan fingerprint density at radius 3 is 2.74 bits per heavy atom. The van der Waals surface area contributed by atoms with E-state index in [0.717, 1.165) is 5.56 Å². The van der Waals surface area contributed by atoms with Crippen LogP contribution in [0.1, 0.15) is 18.9 Å². The molecule has 0 aliphatic heterocycles. The molecule has 0 aromatic heterocycles. The van der Waals surface area contributed by atoms with Gasteiger partial charge in [0.1, 0.15) is 0 Å². The summed E-state index contributed by atoms with van der Waals surface area (Å²) in [6, 6.07) is 8.38.